The van der Waals surface area contributed by atoms with Crippen molar-refractivity contribution in [3.8, 4) is 0 Å². The number of nitrogens with zero attached hydrogens (tertiary/aromatic N) is 1. The predicted octanol–water partition coefficient (Wildman–Crippen LogP) is 2.16. The number of primary amides is 1. The van der Waals surface area contributed by atoms with E-state index in [2.05, 4.69) is 17.2 Å². The van der Waals surface area contributed by atoms with E-state index in [1.807, 2.05) is 24.3 Å². The number of anilines is 1. The highest BCUT2D eigenvalue weighted by atomic mass is 16.1. The molecule has 0 unspecified atom stereocenters. The second-order valence-electron chi connectivity index (χ2n) is 3.87. The molecular weight excluding hydrogens is 214 g/mol. The zero-order chi connectivity index (χ0) is 12.3. The molecule has 0 radical (unpaired) electrons. The van der Waals surface area contributed by atoms with E-state index < -0.39 is 5.91 Å². The monoisotopic (exact) mass is 229 g/mol. The average Bonchev–Trinajstić information content (AvgIpc) is 2.35. The van der Waals surface area contributed by atoms with Gasteiger partial charge in [-0.3, -0.25) is 4.79 Å². The summed E-state index contributed by atoms with van der Waals surface area (Å²) in [5, 5.41) is 5.19. The minimum Gasteiger partial charge on any atom is -0.370 e. The number of amides is 1. The maximum absolute atomic E-state index is 11.2. The molecule has 0 spiro atoms. The van der Waals surface area contributed by atoms with E-state index >= 15 is 0 Å². The molecule has 88 valence electrons. The quantitative estimate of drug-likeness (QED) is 0.844. The number of carbonyl (C=O) groups excluding carboxylic acids is 1. The summed E-state index contributed by atoms with van der Waals surface area (Å²) in [6, 6.07) is 9.52. The molecule has 1 amide bonds. The number of pyridine rings is 1. The molecule has 0 fully saturated rings. The smallest absolute Gasteiger partial charge is 0.267 e. The van der Waals surface area contributed by atoms with Crippen molar-refractivity contribution in [2.45, 2.75) is 13.3 Å². The number of benzene rings is 1. The molecule has 0 aliphatic heterocycles. The molecule has 2 rings (SSSR count). The Morgan fingerprint density at radius 3 is 2.88 bits per heavy atom. The molecule has 2 aromatic rings. The topological polar surface area (TPSA) is 68.0 Å². The maximum atomic E-state index is 11.2. The summed E-state index contributed by atoms with van der Waals surface area (Å²) < 4.78 is 0. The Bertz CT molecular complexity index is 551. The number of fused-ring (bicyclic) bond motifs is 1. The molecule has 17 heavy (non-hydrogen) atoms. The normalized spacial score (nSPS) is 10.4. The van der Waals surface area contributed by atoms with Gasteiger partial charge >= 0.3 is 0 Å². The summed E-state index contributed by atoms with van der Waals surface area (Å²) in [6.07, 6.45) is 0.997. The fourth-order valence-corrected chi connectivity index (χ4v) is 1.70. The van der Waals surface area contributed by atoms with Gasteiger partial charge in [0.1, 0.15) is 11.5 Å². The first-order chi connectivity index (χ1) is 8.22. The summed E-state index contributed by atoms with van der Waals surface area (Å²) in [7, 11) is 0. The van der Waals surface area contributed by atoms with Crippen molar-refractivity contribution >= 4 is 22.5 Å². The van der Waals surface area contributed by atoms with Crippen molar-refractivity contribution in [1.82, 2.24) is 4.98 Å². The first-order valence-corrected chi connectivity index (χ1v) is 5.66. The van der Waals surface area contributed by atoms with Crippen molar-refractivity contribution in [2.24, 2.45) is 5.73 Å². The molecule has 1 aromatic carbocycles. The summed E-state index contributed by atoms with van der Waals surface area (Å²) in [5.41, 5.74) is 5.57. The third kappa shape index (κ3) is 2.36. The zero-order valence-corrected chi connectivity index (χ0v) is 9.73. The number of rotatable bonds is 4. The SMILES string of the molecule is CCCNc1nc(C(N)=O)cc2ccccc12. The Balaban J connectivity index is 2.56. The van der Waals surface area contributed by atoms with Gasteiger partial charge in [-0.25, -0.2) is 4.98 Å². The fraction of sp³-hybridized carbons (Fsp3) is 0.231. The van der Waals surface area contributed by atoms with E-state index in [1.54, 1.807) is 6.07 Å². The van der Waals surface area contributed by atoms with Crippen molar-refractivity contribution in [3.05, 3.63) is 36.0 Å². The van der Waals surface area contributed by atoms with Gasteiger partial charge in [0.25, 0.3) is 5.91 Å². The van der Waals surface area contributed by atoms with Gasteiger partial charge in [-0.15, -0.1) is 0 Å². The van der Waals surface area contributed by atoms with Gasteiger partial charge in [-0.05, 0) is 17.9 Å². The van der Waals surface area contributed by atoms with Crippen molar-refractivity contribution in [3.63, 3.8) is 0 Å². The minimum absolute atomic E-state index is 0.294. The molecule has 0 aliphatic carbocycles. The third-order valence-corrected chi connectivity index (χ3v) is 2.54. The van der Waals surface area contributed by atoms with Crippen molar-refractivity contribution < 1.29 is 4.79 Å². The summed E-state index contributed by atoms with van der Waals surface area (Å²) in [5.74, 6) is 0.217. The summed E-state index contributed by atoms with van der Waals surface area (Å²) in [4.78, 5) is 15.5. The minimum atomic E-state index is -0.504. The van der Waals surface area contributed by atoms with Crippen LogP contribution in [0, 0.1) is 0 Å². The van der Waals surface area contributed by atoms with E-state index in [1.165, 1.54) is 0 Å². The van der Waals surface area contributed by atoms with Crippen LogP contribution in [0.4, 0.5) is 5.82 Å². The molecule has 1 aromatic heterocycles. The van der Waals surface area contributed by atoms with E-state index in [-0.39, 0.29) is 0 Å². The summed E-state index contributed by atoms with van der Waals surface area (Å²) in [6.45, 7) is 2.90. The van der Waals surface area contributed by atoms with Gasteiger partial charge in [-0.2, -0.15) is 0 Å². The van der Waals surface area contributed by atoms with Crippen LogP contribution in [0.25, 0.3) is 10.8 Å². The lowest BCUT2D eigenvalue weighted by Gasteiger charge is -2.09. The van der Waals surface area contributed by atoms with E-state index in [9.17, 15) is 4.79 Å². The van der Waals surface area contributed by atoms with Crippen LogP contribution in [0.1, 0.15) is 23.8 Å². The lowest BCUT2D eigenvalue weighted by atomic mass is 10.1. The standard InChI is InChI=1S/C13H15N3O/c1-2-7-15-13-10-6-4-3-5-9(10)8-11(16-13)12(14)17/h3-6,8H,2,7H2,1H3,(H2,14,17)(H,15,16). The van der Waals surface area contributed by atoms with Gasteiger partial charge < -0.3 is 11.1 Å². The van der Waals surface area contributed by atoms with Crippen LogP contribution in [0.3, 0.4) is 0 Å². The molecule has 3 N–H and O–H groups in total. The van der Waals surface area contributed by atoms with Gasteiger partial charge in [0, 0.05) is 11.9 Å². The average molecular weight is 229 g/mol. The lowest BCUT2D eigenvalue weighted by molar-refractivity contribution is 0.0996. The molecule has 0 atom stereocenters. The second kappa shape index (κ2) is 4.82. The number of aromatic nitrogens is 1. The maximum Gasteiger partial charge on any atom is 0.267 e. The van der Waals surface area contributed by atoms with E-state index in [0.29, 0.717) is 5.69 Å². The van der Waals surface area contributed by atoms with Gasteiger partial charge in [0.15, 0.2) is 0 Å². The highest BCUT2D eigenvalue weighted by molar-refractivity contribution is 5.99. The first-order valence-electron chi connectivity index (χ1n) is 5.66. The Kier molecular flexibility index (Phi) is 3.23. The van der Waals surface area contributed by atoms with Crippen LogP contribution in [-0.4, -0.2) is 17.4 Å². The van der Waals surface area contributed by atoms with Crippen molar-refractivity contribution in [1.29, 1.82) is 0 Å². The van der Waals surface area contributed by atoms with Gasteiger partial charge in [-0.1, -0.05) is 31.2 Å². The molecule has 1 heterocycles. The fourth-order valence-electron chi connectivity index (χ4n) is 1.70. The number of nitrogens with one attached hydrogen (secondary N) is 1. The van der Waals surface area contributed by atoms with E-state index in [4.69, 9.17) is 5.73 Å². The van der Waals surface area contributed by atoms with Gasteiger partial charge in [0.05, 0.1) is 0 Å². The number of nitrogens with two attached hydrogens (primary N) is 1. The highest BCUT2D eigenvalue weighted by Gasteiger charge is 2.08. The summed E-state index contributed by atoms with van der Waals surface area (Å²) >= 11 is 0. The molecule has 4 nitrogen and oxygen atoms in total. The van der Waals surface area contributed by atoms with Crippen LogP contribution < -0.4 is 11.1 Å². The van der Waals surface area contributed by atoms with Gasteiger partial charge in [0.2, 0.25) is 0 Å². The Labute approximate surface area is 99.8 Å². The predicted molar refractivity (Wildman–Crippen MR) is 69.0 cm³/mol. The molecule has 0 aliphatic rings. The molecule has 4 heteroatoms. The van der Waals surface area contributed by atoms with Crippen LogP contribution in [0.5, 0.6) is 0 Å². The van der Waals surface area contributed by atoms with Crippen LogP contribution in [-0.2, 0) is 0 Å². The number of carbonyl (C=O) groups is 1. The number of hydrogen-bond donors (Lipinski definition) is 2. The highest BCUT2D eigenvalue weighted by Crippen LogP contribution is 2.22. The molecule has 0 bridgehead atoms. The van der Waals surface area contributed by atoms with Crippen LogP contribution in [0.2, 0.25) is 0 Å². The Morgan fingerprint density at radius 2 is 2.18 bits per heavy atom. The molecule has 0 saturated heterocycles. The van der Waals surface area contributed by atoms with Crippen LogP contribution in [0.15, 0.2) is 30.3 Å². The number of hydrogen-bond acceptors (Lipinski definition) is 3. The third-order valence-electron chi connectivity index (χ3n) is 2.54. The Morgan fingerprint density at radius 1 is 1.41 bits per heavy atom. The first kappa shape index (κ1) is 11.4. The Hall–Kier alpha value is -2.10. The van der Waals surface area contributed by atoms with Crippen molar-refractivity contribution in [2.75, 3.05) is 11.9 Å². The van der Waals surface area contributed by atoms with Crippen LogP contribution >= 0.6 is 0 Å². The van der Waals surface area contributed by atoms with E-state index in [0.717, 1.165) is 29.6 Å². The lowest BCUT2D eigenvalue weighted by Crippen LogP contribution is -2.14. The molecule has 0 saturated carbocycles. The zero-order valence-electron chi connectivity index (χ0n) is 9.73. The molecular formula is C13H15N3O. The second-order valence-corrected chi connectivity index (χ2v) is 3.87. The largest absolute Gasteiger partial charge is 0.370 e.